The Hall–Kier alpha value is -13.6. The highest BCUT2D eigenvalue weighted by molar-refractivity contribution is 5.79. The SMILES string of the molecule is CCCCCc1ccc(-c2ccc(-c3ccc(-c4cc(F)c(F)c(F)c4)c(F)c3)cc2)cc1.CCCCc1ccc(-c2ccc(-c3ccc(-c4cc(F)c(F)c(F)c4)c(F)c3)cc2)cc1.CCCc1ccc(-c2ccc(-c3ccc(-c4cc(F)c(F)c(F)c4)c(F)c3)cc2)cc1.CCc1ccc(-c2ccc(-c3ccc(-c4cc(F)c(F)c(F)c4)c(F)c3)cc2)cc1. The summed E-state index contributed by atoms with van der Waals surface area (Å²) in [6, 6.07) is 88.9. The first-order chi connectivity index (χ1) is 60.8. The monoisotopic (exact) mass is 1710 g/mol. The summed E-state index contributed by atoms with van der Waals surface area (Å²) in [5.41, 5.74) is 19.5. The van der Waals surface area contributed by atoms with E-state index in [-0.39, 0.29) is 44.5 Å². The van der Waals surface area contributed by atoms with Crippen molar-refractivity contribution in [3.63, 3.8) is 0 Å². The standard InChI is InChI=1S/C29H24F4.C28H22F4.C27H20F4.C26H18F4/c1-2-3-4-5-19-6-8-20(9-7-19)21-10-12-22(13-11-21)23-14-15-25(26(30)16-23)24-17-27(31)29(33)28(32)18-24;1-2-3-4-18-5-7-19(8-6-18)20-9-11-21(12-10-20)22-13-14-24(25(29)15-22)23-16-26(30)28(32)27(31)17-23;1-2-3-17-4-6-18(7-5-17)19-8-10-20(11-9-19)21-12-13-23(24(28)14-21)22-15-25(29)27(31)26(30)16-22;1-2-16-3-5-17(6-4-16)18-7-9-19(10-8-18)20-11-12-22(23(27)13-20)21-14-24(28)26(30)25(29)15-21/h6-18H,2-5H2,1H3;5-17H,2-4H2,1H3;4-16H,2-3H2,1H3;3-15H,2H2,1H3. The molecule has 0 aliphatic carbocycles. The van der Waals surface area contributed by atoms with Crippen LogP contribution in [0.3, 0.4) is 0 Å². The van der Waals surface area contributed by atoms with Crippen LogP contribution >= 0.6 is 0 Å². The number of hydrogen-bond donors (Lipinski definition) is 0. The van der Waals surface area contributed by atoms with Crippen LogP contribution in [-0.4, -0.2) is 0 Å². The minimum Gasteiger partial charge on any atom is -0.206 e. The minimum absolute atomic E-state index is 0.00387. The summed E-state index contributed by atoms with van der Waals surface area (Å²) in [4.78, 5) is 0. The molecule has 0 bridgehead atoms. The van der Waals surface area contributed by atoms with Crippen LogP contribution < -0.4 is 0 Å². The molecule has 0 atom stereocenters. The smallest absolute Gasteiger partial charge is 0.194 e. The zero-order valence-electron chi connectivity index (χ0n) is 69.1. The van der Waals surface area contributed by atoms with Gasteiger partial charge in [-0.2, -0.15) is 0 Å². The second-order valence-corrected chi connectivity index (χ2v) is 30.6. The molecule has 636 valence electrons. The zero-order valence-corrected chi connectivity index (χ0v) is 69.1. The maximum absolute atomic E-state index is 14.7. The fourth-order valence-corrected chi connectivity index (χ4v) is 14.8. The molecule has 0 nitrogen and oxygen atoms in total. The van der Waals surface area contributed by atoms with E-state index in [1.165, 1.54) is 103 Å². The summed E-state index contributed by atoms with van der Waals surface area (Å²) in [6.45, 7) is 8.64. The van der Waals surface area contributed by atoms with E-state index in [2.05, 4.69) is 125 Å². The Kier molecular flexibility index (Phi) is 29.8. The molecule has 16 heteroatoms. The summed E-state index contributed by atoms with van der Waals surface area (Å²) in [7, 11) is 0. The van der Waals surface area contributed by atoms with Crippen molar-refractivity contribution in [2.24, 2.45) is 0 Å². The maximum atomic E-state index is 14.7. The first kappa shape index (κ1) is 90.1. The van der Waals surface area contributed by atoms with Crippen molar-refractivity contribution in [1.29, 1.82) is 0 Å². The first-order valence-corrected chi connectivity index (χ1v) is 41.4. The van der Waals surface area contributed by atoms with E-state index in [4.69, 9.17) is 0 Å². The van der Waals surface area contributed by atoms with E-state index in [0.717, 1.165) is 147 Å². The van der Waals surface area contributed by atoms with E-state index in [9.17, 15) is 70.2 Å². The number of benzene rings is 16. The van der Waals surface area contributed by atoms with Gasteiger partial charge >= 0.3 is 0 Å². The fraction of sp³-hybridized carbons (Fsp3) is 0.127. The van der Waals surface area contributed by atoms with Gasteiger partial charge in [0.05, 0.1) is 0 Å². The van der Waals surface area contributed by atoms with Crippen molar-refractivity contribution in [3.05, 3.63) is 431 Å². The largest absolute Gasteiger partial charge is 0.206 e. The molecular formula is C110H84F16. The number of hydrogen-bond acceptors (Lipinski definition) is 0. The average Bonchev–Trinajstić information content (AvgIpc) is 0.808. The van der Waals surface area contributed by atoms with Gasteiger partial charge in [0.15, 0.2) is 69.8 Å². The van der Waals surface area contributed by atoms with Gasteiger partial charge in [0, 0.05) is 22.3 Å². The lowest BCUT2D eigenvalue weighted by molar-refractivity contribution is 0.447. The third-order valence-electron chi connectivity index (χ3n) is 21.9. The van der Waals surface area contributed by atoms with Crippen LogP contribution in [0, 0.1) is 93.1 Å². The van der Waals surface area contributed by atoms with Crippen LogP contribution in [0.5, 0.6) is 0 Å². The Balaban J connectivity index is 0.000000144. The molecule has 0 spiro atoms. The second kappa shape index (κ2) is 41.7. The van der Waals surface area contributed by atoms with Crippen LogP contribution in [-0.2, 0) is 25.7 Å². The predicted octanol–water partition coefficient (Wildman–Crippen LogP) is 33.6. The van der Waals surface area contributed by atoms with E-state index in [1.54, 1.807) is 24.3 Å². The first-order valence-electron chi connectivity index (χ1n) is 41.4. The van der Waals surface area contributed by atoms with E-state index in [0.29, 0.717) is 22.3 Å². The number of unbranched alkanes of at least 4 members (excludes halogenated alkanes) is 3. The van der Waals surface area contributed by atoms with E-state index < -0.39 is 93.1 Å². The Morgan fingerprint density at radius 1 is 0.143 bits per heavy atom. The lowest BCUT2D eigenvalue weighted by Crippen LogP contribution is -1.94. The number of halogens is 16. The van der Waals surface area contributed by atoms with E-state index >= 15 is 0 Å². The average molecular weight is 1710 g/mol. The molecule has 0 heterocycles. The molecule has 0 fully saturated rings. The molecule has 0 saturated carbocycles. The minimum atomic E-state index is -1.57. The lowest BCUT2D eigenvalue weighted by Gasteiger charge is -2.09. The lowest BCUT2D eigenvalue weighted by atomic mass is 9.97. The van der Waals surface area contributed by atoms with Gasteiger partial charge < -0.3 is 0 Å². The van der Waals surface area contributed by atoms with Crippen LogP contribution in [0.2, 0.25) is 0 Å². The van der Waals surface area contributed by atoms with Gasteiger partial charge in [-0.05, 0) is 245 Å². The van der Waals surface area contributed by atoms with Crippen molar-refractivity contribution in [1.82, 2.24) is 0 Å². The highest BCUT2D eigenvalue weighted by atomic mass is 19.2. The highest BCUT2D eigenvalue weighted by Crippen LogP contribution is 2.38. The summed E-state index contributed by atoms with van der Waals surface area (Å²) < 4.78 is 220. The van der Waals surface area contributed by atoms with E-state index in [1.807, 2.05) is 97.1 Å². The van der Waals surface area contributed by atoms with Crippen molar-refractivity contribution in [2.75, 3.05) is 0 Å². The van der Waals surface area contributed by atoms with Gasteiger partial charge in [-0.3, -0.25) is 0 Å². The third kappa shape index (κ3) is 22.1. The molecule has 0 saturated heterocycles. The Labute approximate surface area is 722 Å². The molecule has 0 aliphatic rings. The second-order valence-electron chi connectivity index (χ2n) is 30.6. The number of aryl methyl sites for hydroxylation is 4. The van der Waals surface area contributed by atoms with Gasteiger partial charge in [-0.15, -0.1) is 0 Å². The molecule has 0 amide bonds. The molecular weight excluding hydrogens is 1630 g/mol. The van der Waals surface area contributed by atoms with Gasteiger partial charge in [-0.25, -0.2) is 70.2 Å². The fourth-order valence-electron chi connectivity index (χ4n) is 14.8. The topological polar surface area (TPSA) is 0 Å². The van der Waals surface area contributed by atoms with Crippen molar-refractivity contribution >= 4 is 0 Å². The quantitative estimate of drug-likeness (QED) is 0.0360. The normalized spacial score (nSPS) is 11.0. The van der Waals surface area contributed by atoms with Crippen LogP contribution in [0.15, 0.2) is 315 Å². The molecule has 126 heavy (non-hydrogen) atoms. The Bertz CT molecular complexity index is 6350. The molecule has 0 aliphatic heterocycles. The predicted molar refractivity (Wildman–Crippen MR) is 476 cm³/mol. The van der Waals surface area contributed by atoms with Crippen LogP contribution in [0.25, 0.3) is 134 Å². The molecule has 0 radical (unpaired) electrons. The molecule has 0 N–H and O–H groups in total. The van der Waals surface area contributed by atoms with Gasteiger partial charge in [0.25, 0.3) is 0 Å². The summed E-state index contributed by atoms with van der Waals surface area (Å²) in [6.07, 6.45) is 11.3. The summed E-state index contributed by atoms with van der Waals surface area (Å²) in [5, 5.41) is 0. The van der Waals surface area contributed by atoms with Crippen molar-refractivity contribution in [3.8, 4) is 134 Å². The van der Waals surface area contributed by atoms with Gasteiger partial charge in [0.2, 0.25) is 0 Å². The molecule has 16 aromatic rings. The third-order valence-corrected chi connectivity index (χ3v) is 21.9. The Morgan fingerprint density at radius 2 is 0.310 bits per heavy atom. The number of rotatable bonds is 22. The highest BCUT2D eigenvalue weighted by Gasteiger charge is 2.21. The van der Waals surface area contributed by atoms with Crippen LogP contribution in [0.4, 0.5) is 70.2 Å². The summed E-state index contributed by atoms with van der Waals surface area (Å²) in [5.74, 6) is -19.6. The van der Waals surface area contributed by atoms with Crippen molar-refractivity contribution < 1.29 is 70.2 Å². The summed E-state index contributed by atoms with van der Waals surface area (Å²) >= 11 is 0. The molecule has 0 unspecified atom stereocenters. The Morgan fingerprint density at radius 3 is 0.500 bits per heavy atom. The zero-order chi connectivity index (χ0) is 89.2. The maximum Gasteiger partial charge on any atom is 0.194 e. The van der Waals surface area contributed by atoms with Crippen LogP contribution in [0.1, 0.15) is 88.5 Å². The molecule has 0 aromatic heterocycles. The van der Waals surface area contributed by atoms with Gasteiger partial charge in [-0.1, -0.05) is 296 Å². The van der Waals surface area contributed by atoms with Crippen molar-refractivity contribution in [2.45, 2.75) is 91.9 Å². The van der Waals surface area contributed by atoms with Gasteiger partial charge in [0.1, 0.15) is 23.3 Å². The molecule has 16 aromatic carbocycles. The molecule has 16 rings (SSSR count).